The molecule has 24 heavy (non-hydrogen) atoms. The molecule has 2 N–H and O–H groups in total. The van der Waals surface area contributed by atoms with Crippen molar-refractivity contribution >= 4 is 39.8 Å². The second-order valence-electron chi connectivity index (χ2n) is 5.96. The third-order valence-corrected chi connectivity index (χ3v) is 4.19. The van der Waals surface area contributed by atoms with Crippen LogP contribution in [0.5, 0.6) is 0 Å². The van der Waals surface area contributed by atoms with Crippen molar-refractivity contribution in [2.45, 2.75) is 18.9 Å². The molecular formula is C17H16ClN5O. The molecule has 3 aromatic heterocycles. The molecule has 7 heteroatoms. The molecule has 0 amide bonds. The van der Waals surface area contributed by atoms with Crippen molar-refractivity contribution in [1.82, 2.24) is 14.5 Å². The van der Waals surface area contributed by atoms with E-state index in [1.807, 2.05) is 12.1 Å². The lowest BCUT2D eigenvalue weighted by Crippen LogP contribution is -2.18. The van der Waals surface area contributed by atoms with E-state index in [0.29, 0.717) is 33.9 Å². The summed E-state index contributed by atoms with van der Waals surface area (Å²) in [5.74, 6) is 1.84. The summed E-state index contributed by atoms with van der Waals surface area (Å²) in [7, 11) is 1.74. The molecule has 1 aliphatic carbocycles. The van der Waals surface area contributed by atoms with Crippen LogP contribution in [0.2, 0.25) is 5.02 Å². The van der Waals surface area contributed by atoms with Crippen LogP contribution in [0.15, 0.2) is 41.5 Å². The van der Waals surface area contributed by atoms with Gasteiger partial charge >= 0.3 is 0 Å². The van der Waals surface area contributed by atoms with Gasteiger partial charge in [0.1, 0.15) is 17.5 Å². The Morgan fingerprint density at radius 1 is 1.25 bits per heavy atom. The summed E-state index contributed by atoms with van der Waals surface area (Å²) in [5, 5.41) is 8.54. The molecule has 0 saturated heterocycles. The van der Waals surface area contributed by atoms with Gasteiger partial charge in [0, 0.05) is 30.5 Å². The minimum Gasteiger partial charge on any atom is -0.367 e. The summed E-state index contributed by atoms with van der Waals surface area (Å²) in [4.78, 5) is 21.3. The minimum atomic E-state index is -0.0596. The number of halogens is 1. The Morgan fingerprint density at radius 3 is 2.83 bits per heavy atom. The van der Waals surface area contributed by atoms with E-state index in [0.717, 1.165) is 18.2 Å². The van der Waals surface area contributed by atoms with Crippen LogP contribution in [0.25, 0.3) is 10.8 Å². The van der Waals surface area contributed by atoms with Crippen molar-refractivity contribution in [3.05, 3.63) is 52.0 Å². The number of hydrogen-bond acceptors (Lipinski definition) is 5. The summed E-state index contributed by atoms with van der Waals surface area (Å²) < 4.78 is 1.56. The second kappa shape index (κ2) is 5.79. The van der Waals surface area contributed by atoms with Crippen LogP contribution in [0.4, 0.5) is 17.5 Å². The van der Waals surface area contributed by atoms with Crippen LogP contribution in [-0.2, 0) is 7.05 Å². The zero-order chi connectivity index (χ0) is 16.7. The lowest BCUT2D eigenvalue weighted by atomic mass is 10.2. The SMILES string of the molecule is Cn1ccc2cc(Nc3cc(Cl)ccn3)nc(NC3CC3)c2c1=O. The van der Waals surface area contributed by atoms with Crippen molar-refractivity contribution in [2.75, 3.05) is 10.6 Å². The van der Waals surface area contributed by atoms with Gasteiger partial charge in [-0.25, -0.2) is 9.97 Å². The van der Waals surface area contributed by atoms with E-state index >= 15 is 0 Å². The molecule has 1 saturated carbocycles. The van der Waals surface area contributed by atoms with Gasteiger partial charge in [-0.3, -0.25) is 4.79 Å². The number of pyridine rings is 3. The fraction of sp³-hybridized carbons (Fsp3) is 0.235. The zero-order valence-corrected chi connectivity index (χ0v) is 13.8. The predicted molar refractivity (Wildman–Crippen MR) is 96.2 cm³/mol. The predicted octanol–water partition coefficient (Wildman–Crippen LogP) is 3.30. The fourth-order valence-electron chi connectivity index (χ4n) is 2.55. The van der Waals surface area contributed by atoms with E-state index in [-0.39, 0.29) is 5.56 Å². The number of nitrogens with zero attached hydrogens (tertiary/aromatic N) is 3. The van der Waals surface area contributed by atoms with Crippen LogP contribution >= 0.6 is 11.6 Å². The number of nitrogens with one attached hydrogen (secondary N) is 2. The van der Waals surface area contributed by atoms with E-state index in [1.165, 1.54) is 0 Å². The number of aryl methyl sites for hydroxylation is 1. The molecule has 3 aromatic rings. The molecule has 3 heterocycles. The highest BCUT2D eigenvalue weighted by Gasteiger charge is 2.23. The van der Waals surface area contributed by atoms with Gasteiger partial charge in [-0.2, -0.15) is 0 Å². The van der Waals surface area contributed by atoms with E-state index in [2.05, 4.69) is 20.6 Å². The third-order valence-electron chi connectivity index (χ3n) is 3.96. The topological polar surface area (TPSA) is 71.8 Å². The summed E-state index contributed by atoms with van der Waals surface area (Å²) in [6.45, 7) is 0. The molecule has 0 spiro atoms. The maximum Gasteiger partial charge on any atom is 0.261 e. The molecule has 6 nitrogen and oxygen atoms in total. The van der Waals surface area contributed by atoms with E-state index < -0.39 is 0 Å². The highest BCUT2D eigenvalue weighted by molar-refractivity contribution is 6.30. The maximum absolute atomic E-state index is 12.5. The largest absolute Gasteiger partial charge is 0.367 e. The van der Waals surface area contributed by atoms with E-state index in [4.69, 9.17) is 11.6 Å². The first-order valence-electron chi connectivity index (χ1n) is 7.76. The first-order chi connectivity index (χ1) is 11.6. The lowest BCUT2D eigenvalue weighted by molar-refractivity contribution is 0.872. The van der Waals surface area contributed by atoms with Gasteiger partial charge in [-0.1, -0.05) is 11.6 Å². The highest BCUT2D eigenvalue weighted by Crippen LogP contribution is 2.29. The smallest absolute Gasteiger partial charge is 0.261 e. The fourth-order valence-corrected chi connectivity index (χ4v) is 2.71. The van der Waals surface area contributed by atoms with Gasteiger partial charge in [-0.05, 0) is 42.5 Å². The van der Waals surface area contributed by atoms with Crippen LogP contribution in [-0.4, -0.2) is 20.6 Å². The molecule has 0 atom stereocenters. The molecule has 0 aromatic carbocycles. The minimum absolute atomic E-state index is 0.0596. The van der Waals surface area contributed by atoms with Gasteiger partial charge in [0.25, 0.3) is 5.56 Å². The lowest BCUT2D eigenvalue weighted by Gasteiger charge is -2.12. The van der Waals surface area contributed by atoms with Gasteiger partial charge in [0.05, 0.1) is 5.39 Å². The summed E-state index contributed by atoms with van der Waals surface area (Å²) in [6.07, 6.45) is 5.59. The zero-order valence-electron chi connectivity index (χ0n) is 13.1. The van der Waals surface area contributed by atoms with Crippen molar-refractivity contribution in [3.63, 3.8) is 0 Å². The van der Waals surface area contributed by atoms with Crippen LogP contribution < -0.4 is 16.2 Å². The highest BCUT2D eigenvalue weighted by atomic mass is 35.5. The van der Waals surface area contributed by atoms with Gasteiger partial charge < -0.3 is 15.2 Å². The van der Waals surface area contributed by atoms with Crippen molar-refractivity contribution in [1.29, 1.82) is 0 Å². The molecule has 1 fully saturated rings. The molecule has 4 rings (SSSR count). The number of fused-ring (bicyclic) bond motifs is 1. The molecule has 0 radical (unpaired) electrons. The first kappa shape index (κ1) is 15.0. The van der Waals surface area contributed by atoms with E-state index in [9.17, 15) is 4.79 Å². The summed E-state index contributed by atoms with van der Waals surface area (Å²) in [5.41, 5.74) is -0.0596. The summed E-state index contributed by atoms with van der Waals surface area (Å²) >= 11 is 6.00. The Labute approximate surface area is 143 Å². The maximum atomic E-state index is 12.5. The van der Waals surface area contributed by atoms with E-state index in [1.54, 1.807) is 36.1 Å². The Balaban J connectivity index is 1.81. The molecule has 0 unspecified atom stereocenters. The van der Waals surface area contributed by atoms with Crippen molar-refractivity contribution in [3.8, 4) is 0 Å². The van der Waals surface area contributed by atoms with Crippen LogP contribution in [0.1, 0.15) is 12.8 Å². The monoisotopic (exact) mass is 341 g/mol. The number of rotatable bonds is 4. The first-order valence-corrected chi connectivity index (χ1v) is 8.13. The van der Waals surface area contributed by atoms with Crippen molar-refractivity contribution in [2.24, 2.45) is 7.05 Å². The van der Waals surface area contributed by atoms with Crippen LogP contribution in [0.3, 0.4) is 0 Å². The summed E-state index contributed by atoms with van der Waals surface area (Å²) in [6, 6.07) is 7.59. The molecule has 0 bridgehead atoms. The molecule has 1 aliphatic rings. The second-order valence-corrected chi connectivity index (χ2v) is 6.39. The number of anilines is 3. The van der Waals surface area contributed by atoms with Gasteiger partial charge in [0.15, 0.2) is 0 Å². The average Bonchev–Trinajstić information content (AvgIpc) is 3.35. The quantitative estimate of drug-likeness (QED) is 0.761. The van der Waals surface area contributed by atoms with Gasteiger partial charge in [0.2, 0.25) is 0 Å². The Morgan fingerprint density at radius 2 is 2.08 bits per heavy atom. The molecule has 122 valence electrons. The van der Waals surface area contributed by atoms with Crippen LogP contribution in [0, 0.1) is 0 Å². The Kier molecular flexibility index (Phi) is 3.61. The Hall–Kier alpha value is -2.60. The molecule has 0 aliphatic heterocycles. The normalized spacial score (nSPS) is 13.9. The number of hydrogen-bond donors (Lipinski definition) is 2. The standard InChI is InChI=1S/C17H16ClN5O/c1-23-7-5-10-8-14(21-13-9-11(18)4-6-19-13)22-16(15(10)17(23)24)20-12-2-3-12/h4-9,12H,2-3H2,1H3,(H2,19,20,21,22). The third kappa shape index (κ3) is 2.92. The Bertz CT molecular complexity index is 980. The number of aromatic nitrogens is 3. The average molecular weight is 342 g/mol. The van der Waals surface area contributed by atoms with Gasteiger partial charge in [-0.15, -0.1) is 0 Å². The molecular weight excluding hydrogens is 326 g/mol. The van der Waals surface area contributed by atoms with Crippen molar-refractivity contribution < 1.29 is 0 Å².